The van der Waals surface area contributed by atoms with Crippen LogP contribution in [0, 0.1) is 5.82 Å². The molecule has 0 bridgehead atoms. The summed E-state index contributed by atoms with van der Waals surface area (Å²) in [4.78, 5) is 14.7. The third-order valence-electron chi connectivity index (χ3n) is 2.51. The summed E-state index contributed by atoms with van der Waals surface area (Å²) in [6.45, 7) is 1.94. The van der Waals surface area contributed by atoms with Gasteiger partial charge in [-0.1, -0.05) is 12.1 Å². The van der Waals surface area contributed by atoms with E-state index in [1.165, 1.54) is 12.1 Å². The molecule has 0 unspecified atom stereocenters. The van der Waals surface area contributed by atoms with Crippen LogP contribution in [0.2, 0.25) is 0 Å². The monoisotopic (exact) mass is 280 g/mol. The summed E-state index contributed by atoms with van der Waals surface area (Å²) in [5.74, 6) is -1.18. The highest BCUT2D eigenvalue weighted by Gasteiger charge is 2.11. The Morgan fingerprint density at radius 3 is 2.95 bits per heavy atom. The SMILES string of the molecule is CCCc1nc(COc2ccc(C(=O)O)cc2F)no1. The maximum atomic E-state index is 13.6. The van der Waals surface area contributed by atoms with Crippen molar-refractivity contribution in [2.24, 2.45) is 0 Å². The molecule has 0 aliphatic heterocycles. The van der Waals surface area contributed by atoms with Crippen LogP contribution in [0.5, 0.6) is 5.75 Å². The highest BCUT2D eigenvalue weighted by atomic mass is 19.1. The van der Waals surface area contributed by atoms with Crippen molar-refractivity contribution < 1.29 is 23.6 Å². The lowest BCUT2D eigenvalue weighted by molar-refractivity contribution is 0.0696. The van der Waals surface area contributed by atoms with Crippen LogP contribution < -0.4 is 4.74 Å². The number of nitrogens with zero attached hydrogens (tertiary/aromatic N) is 2. The van der Waals surface area contributed by atoms with Crippen molar-refractivity contribution >= 4 is 5.97 Å². The number of aryl methyl sites for hydroxylation is 1. The first-order valence-electron chi connectivity index (χ1n) is 6.07. The number of hydrogen-bond acceptors (Lipinski definition) is 5. The molecule has 0 aliphatic carbocycles. The van der Waals surface area contributed by atoms with E-state index in [4.69, 9.17) is 14.4 Å². The van der Waals surface area contributed by atoms with Gasteiger partial charge in [-0.2, -0.15) is 4.98 Å². The van der Waals surface area contributed by atoms with Crippen LogP contribution in [-0.2, 0) is 13.0 Å². The molecule has 0 saturated heterocycles. The third kappa shape index (κ3) is 3.31. The number of carboxylic acids is 1. The van der Waals surface area contributed by atoms with Gasteiger partial charge in [-0.3, -0.25) is 0 Å². The zero-order valence-corrected chi connectivity index (χ0v) is 10.8. The second-order valence-electron chi connectivity index (χ2n) is 4.09. The van der Waals surface area contributed by atoms with Gasteiger partial charge in [0.05, 0.1) is 5.56 Å². The molecular formula is C13H13FN2O4. The molecule has 1 aromatic heterocycles. The molecule has 0 spiro atoms. The van der Waals surface area contributed by atoms with Gasteiger partial charge in [-0.25, -0.2) is 9.18 Å². The quantitative estimate of drug-likeness (QED) is 0.874. The van der Waals surface area contributed by atoms with E-state index in [9.17, 15) is 9.18 Å². The lowest BCUT2D eigenvalue weighted by atomic mass is 10.2. The molecular weight excluding hydrogens is 267 g/mol. The average Bonchev–Trinajstić information content (AvgIpc) is 2.85. The van der Waals surface area contributed by atoms with E-state index in [2.05, 4.69) is 10.1 Å². The van der Waals surface area contributed by atoms with Crippen molar-refractivity contribution in [1.29, 1.82) is 0 Å². The number of halogens is 1. The van der Waals surface area contributed by atoms with Crippen molar-refractivity contribution in [1.82, 2.24) is 10.1 Å². The van der Waals surface area contributed by atoms with Gasteiger partial charge >= 0.3 is 5.97 Å². The summed E-state index contributed by atoms with van der Waals surface area (Å²) in [6, 6.07) is 3.42. The van der Waals surface area contributed by atoms with Gasteiger partial charge in [0, 0.05) is 6.42 Å². The Morgan fingerprint density at radius 2 is 2.30 bits per heavy atom. The van der Waals surface area contributed by atoms with Gasteiger partial charge in [0.1, 0.15) is 0 Å². The lowest BCUT2D eigenvalue weighted by Crippen LogP contribution is -2.02. The number of ether oxygens (including phenoxy) is 1. The summed E-state index contributed by atoms with van der Waals surface area (Å²) in [6.07, 6.45) is 1.56. The average molecular weight is 280 g/mol. The minimum absolute atomic E-state index is 0.0451. The van der Waals surface area contributed by atoms with Crippen LogP contribution in [0.3, 0.4) is 0 Å². The fourth-order valence-corrected chi connectivity index (χ4v) is 1.56. The van der Waals surface area contributed by atoms with Crippen molar-refractivity contribution in [3.8, 4) is 5.75 Å². The van der Waals surface area contributed by atoms with E-state index < -0.39 is 11.8 Å². The fourth-order valence-electron chi connectivity index (χ4n) is 1.56. The van der Waals surface area contributed by atoms with Crippen LogP contribution in [0.15, 0.2) is 22.7 Å². The van der Waals surface area contributed by atoms with E-state index >= 15 is 0 Å². The summed E-state index contributed by atoms with van der Waals surface area (Å²) in [7, 11) is 0. The summed E-state index contributed by atoms with van der Waals surface area (Å²) in [5, 5.41) is 12.4. The largest absolute Gasteiger partial charge is 0.482 e. The molecule has 1 N–H and O–H groups in total. The Balaban J connectivity index is 2.01. The molecule has 1 heterocycles. The highest BCUT2D eigenvalue weighted by Crippen LogP contribution is 2.19. The van der Waals surface area contributed by atoms with Crippen molar-refractivity contribution in [2.75, 3.05) is 0 Å². The molecule has 6 nitrogen and oxygen atoms in total. The summed E-state index contributed by atoms with van der Waals surface area (Å²) < 4.78 is 23.7. The van der Waals surface area contributed by atoms with Gasteiger partial charge < -0.3 is 14.4 Å². The number of carbonyl (C=O) groups is 1. The number of carboxylic acid groups (broad SMARTS) is 1. The lowest BCUT2D eigenvalue weighted by Gasteiger charge is -2.05. The minimum Gasteiger partial charge on any atom is -0.482 e. The smallest absolute Gasteiger partial charge is 0.335 e. The number of hydrogen-bond donors (Lipinski definition) is 1. The van der Waals surface area contributed by atoms with Crippen molar-refractivity contribution in [3.05, 3.63) is 41.3 Å². The maximum Gasteiger partial charge on any atom is 0.335 e. The van der Waals surface area contributed by atoms with Gasteiger partial charge in [0.25, 0.3) is 0 Å². The summed E-state index contributed by atoms with van der Waals surface area (Å²) >= 11 is 0. The second kappa shape index (κ2) is 6.14. The first-order chi connectivity index (χ1) is 9.60. The van der Waals surface area contributed by atoms with Gasteiger partial charge in [0.2, 0.25) is 11.7 Å². The number of aromatic carboxylic acids is 1. The Morgan fingerprint density at radius 1 is 1.50 bits per heavy atom. The molecule has 20 heavy (non-hydrogen) atoms. The van der Waals surface area contributed by atoms with Crippen LogP contribution in [0.25, 0.3) is 0 Å². The second-order valence-corrected chi connectivity index (χ2v) is 4.09. The van der Waals surface area contributed by atoms with Crippen LogP contribution in [0.4, 0.5) is 4.39 Å². The van der Waals surface area contributed by atoms with E-state index in [1.54, 1.807) is 0 Å². The van der Waals surface area contributed by atoms with Crippen LogP contribution in [0.1, 0.15) is 35.4 Å². The molecule has 0 radical (unpaired) electrons. The predicted octanol–water partition coefficient (Wildman–Crippen LogP) is 2.44. The zero-order valence-electron chi connectivity index (χ0n) is 10.8. The normalized spacial score (nSPS) is 10.5. The van der Waals surface area contributed by atoms with Crippen molar-refractivity contribution in [3.63, 3.8) is 0 Å². The third-order valence-corrected chi connectivity index (χ3v) is 2.51. The number of benzene rings is 1. The van der Waals surface area contributed by atoms with Gasteiger partial charge in [-0.05, 0) is 24.6 Å². The van der Waals surface area contributed by atoms with Crippen LogP contribution in [-0.4, -0.2) is 21.2 Å². The molecule has 1 aromatic carbocycles. The number of aromatic nitrogens is 2. The fraction of sp³-hybridized carbons (Fsp3) is 0.308. The summed E-state index contributed by atoms with van der Waals surface area (Å²) in [5.41, 5.74) is -0.139. The Bertz CT molecular complexity index is 612. The minimum atomic E-state index is -1.20. The van der Waals surface area contributed by atoms with E-state index in [0.717, 1.165) is 12.5 Å². The first kappa shape index (κ1) is 14.0. The topological polar surface area (TPSA) is 85.5 Å². The molecule has 0 atom stereocenters. The van der Waals surface area contributed by atoms with Gasteiger partial charge in [0.15, 0.2) is 18.2 Å². The Labute approximate surface area is 114 Å². The molecule has 7 heteroatoms. The molecule has 0 amide bonds. The zero-order chi connectivity index (χ0) is 14.5. The van der Waals surface area contributed by atoms with Gasteiger partial charge in [-0.15, -0.1) is 0 Å². The molecule has 106 valence electrons. The standard InChI is InChI=1S/C13H13FN2O4/c1-2-3-12-15-11(16-20-12)7-19-10-5-4-8(13(17)18)6-9(10)14/h4-6H,2-3,7H2,1H3,(H,17,18). The predicted molar refractivity (Wildman–Crippen MR) is 66.0 cm³/mol. The molecule has 2 rings (SSSR count). The molecule has 2 aromatic rings. The molecule has 0 fully saturated rings. The van der Waals surface area contributed by atoms with Crippen molar-refractivity contribution in [2.45, 2.75) is 26.4 Å². The molecule has 0 saturated carbocycles. The Kier molecular flexibility index (Phi) is 4.29. The number of rotatable bonds is 6. The van der Waals surface area contributed by atoms with Crippen LogP contribution >= 0.6 is 0 Å². The first-order valence-corrected chi connectivity index (χ1v) is 6.07. The highest BCUT2D eigenvalue weighted by molar-refractivity contribution is 5.87. The molecule has 0 aliphatic rings. The maximum absolute atomic E-state index is 13.6. The van der Waals surface area contributed by atoms with E-state index in [-0.39, 0.29) is 17.9 Å². The van der Waals surface area contributed by atoms with E-state index in [1.807, 2.05) is 6.92 Å². The Hall–Kier alpha value is -2.44. The van der Waals surface area contributed by atoms with E-state index in [0.29, 0.717) is 18.1 Å².